The highest BCUT2D eigenvalue weighted by molar-refractivity contribution is 5.86. The first-order valence-electron chi connectivity index (χ1n) is 6.81. The molecule has 1 fully saturated rings. The molecule has 0 bridgehead atoms. The molecule has 1 aromatic rings. The number of amides is 1. The van der Waals surface area contributed by atoms with Gasteiger partial charge in [-0.05, 0) is 44.0 Å². The highest BCUT2D eigenvalue weighted by atomic mass is 16.2. The monoisotopic (exact) mass is 261 g/mol. The Morgan fingerprint density at radius 2 is 2.05 bits per heavy atom. The second-order valence-electron chi connectivity index (χ2n) is 5.61. The van der Waals surface area contributed by atoms with E-state index in [0.717, 1.165) is 24.9 Å². The molecule has 104 valence electrons. The van der Waals surface area contributed by atoms with E-state index in [2.05, 4.69) is 39.8 Å². The van der Waals surface area contributed by atoms with Crippen LogP contribution in [0.1, 0.15) is 25.3 Å². The molecule has 1 heterocycles. The third-order valence-corrected chi connectivity index (χ3v) is 3.78. The second-order valence-corrected chi connectivity index (χ2v) is 5.61. The molecule has 1 saturated heterocycles. The lowest BCUT2D eigenvalue weighted by molar-refractivity contribution is -0.126. The number of rotatable bonds is 4. The van der Waals surface area contributed by atoms with Crippen LogP contribution in [-0.2, 0) is 11.3 Å². The van der Waals surface area contributed by atoms with E-state index < -0.39 is 0 Å². The number of carbonyl (C=O) groups is 1. The normalized spacial score (nSPS) is 22.3. The SMILES string of the molecule is CN(C)c1ccc(CNC(=O)C2(C)CCCN2)cc1. The number of hydrogen-bond acceptors (Lipinski definition) is 3. The Morgan fingerprint density at radius 3 is 2.58 bits per heavy atom. The number of nitrogens with zero attached hydrogens (tertiary/aromatic N) is 1. The average molecular weight is 261 g/mol. The van der Waals surface area contributed by atoms with Crippen molar-refractivity contribution in [3.05, 3.63) is 29.8 Å². The summed E-state index contributed by atoms with van der Waals surface area (Å²) in [6.07, 6.45) is 1.99. The van der Waals surface area contributed by atoms with Gasteiger partial charge < -0.3 is 15.5 Å². The summed E-state index contributed by atoms with van der Waals surface area (Å²) in [5, 5.41) is 6.29. The Kier molecular flexibility index (Phi) is 4.10. The van der Waals surface area contributed by atoms with Crippen LogP contribution in [0.3, 0.4) is 0 Å². The van der Waals surface area contributed by atoms with E-state index >= 15 is 0 Å². The molecule has 1 aliphatic rings. The third kappa shape index (κ3) is 3.26. The first kappa shape index (κ1) is 13.9. The van der Waals surface area contributed by atoms with Gasteiger partial charge in [0.25, 0.3) is 0 Å². The maximum Gasteiger partial charge on any atom is 0.240 e. The Hall–Kier alpha value is -1.55. The second kappa shape index (κ2) is 5.61. The van der Waals surface area contributed by atoms with Crippen LogP contribution < -0.4 is 15.5 Å². The van der Waals surface area contributed by atoms with Gasteiger partial charge in [0.2, 0.25) is 5.91 Å². The summed E-state index contributed by atoms with van der Waals surface area (Å²) in [4.78, 5) is 14.2. The van der Waals surface area contributed by atoms with Gasteiger partial charge in [0.15, 0.2) is 0 Å². The summed E-state index contributed by atoms with van der Waals surface area (Å²) in [5.74, 6) is 0.0988. The highest BCUT2D eigenvalue weighted by Gasteiger charge is 2.35. The maximum atomic E-state index is 12.1. The Balaban J connectivity index is 1.90. The van der Waals surface area contributed by atoms with Crippen LogP contribution in [0, 0.1) is 0 Å². The van der Waals surface area contributed by atoms with Gasteiger partial charge >= 0.3 is 0 Å². The van der Waals surface area contributed by atoms with Gasteiger partial charge in [-0.15, -0.1) is 0 Å². The fourth-order valence-corrected chi connectivity index (χ4v) is 2.38. The zero-order valence-electron chi connectivity index (χ0n) is 12.0. The van der Waals surface area contributed by atoms with Crippen LogP contribution >= 0.6 is 0 Å². The molecule has 0 spiro atoms. The molecule has 1 aliphatic heterocycles. The van der Waals surface area contributed by atoms with Crippen molar-refractivity contribution in [2.24, 2.45) is 0 Å². The molecule has 1 atom stereocenters. The Bertz CT molecular complexity index is 433. The molecule has 0 radical (unpaired) electrons. The smallest absolute Gasteiger partial charge is 0.240 e. The van der Waals surface area contributed by atoms with Crippen LogP contribution in [-0.4, -0.2) is 32.1 Å². The zero-order valence-corrected chi connectivity index (χ0v) is 12.0. The molecule has 2 rings (SSSR count). The highest BCUT2D eigenvalue weighted by Crippen LogP contribution is 2.19. The third-order valence-electron chi connectivity index (χ3n) is 3.78. The van der Waals surface area contributed by atoms with Crippen molar-refractivity contribution in [1.82, 2.24) is 10.6 Å². The van der Waals surface area contributed by atoms with E-state index in [4.69, 9.17) is 0 Å². The summed E-state index contributed by atoms with van der Waals surface area (Å²) in [6, 6.07) is 8.24. The van der Waals surface area contributed by atoms with Crippen LogP contribution in [0.2, 0.25) is 0 Å². The number of nitrogens with one attached hydrogen (secondary N) is 2. The molecule has 2 N–H and O–H groups in total. The van der Waals surface area contributed by atoms with Crippen LogP contribution in [0.15, 0.2) is 24.3 Å². The maximum absolute atomic E-state index is 12.1. The molecule has 0 saturated carbocycles. The molecule has 0 aliphatic carbocycles. The van der Waals surface area contributed by atoms with E-state index in [1.54, 1.807) is 0 Å². The van der Waals surface area contributed by atoms with Gasteiger partial charge in [-0.3, -0.25) is 4.79 Å². The molecule has 4 heteroatoms. The number of carbonyl (C=O) groups excluding carboxylic acids is 1. The van der Waals surface area contributed by atoms with Crippen molar-refractivity contribution in [3.8, 4) is 0 Å². The first-order valence-corrected chi connectivity index (χ1v) is 6.81. The van der Waals surface area contributed by atoms with Crippen LogP contribution in [0.4, 0.5) is 5.69 Å². The molecular formula is C15H23N3O. The summed E-state index contributed by atoms with van der Waals surface area (Å²) >= 11 is 0. The average Bonchev–Trinajstić information content (AvgIpc) is 2.84. The van der Waals surface area contributed by atoms with E-state index in [0.29, 0.717) is 6.54 Å². The van der Waals surface area contributed by atoms with Crippen LogP contribution in [0.5, 0.6) is 0 Å². The van der Waals surface area contributed by atoms with Gasteiger partial charge in [0, 0.05) is 26.3 Å². The minimum Gasteiger partial charge on any atom is -0.378 e. The first-order chi connectivity index (χ1) is 9.01. The zero-order chi connectivity index (χ0) is 13.9. The molecule has 1 amide bonds. The topological polar surface area (TPSA) is 44.4 Å². The predicted molar refractivity (Wildman–Crippen MR) is 78.3 cm³/mol. The van der Waals surface area contributed by atoms with Crippen molar-refractivity contribution < 1.29 is 4.79 Å². The summed E-state index contributed by atoms with van der Waals surface area (Å²) in [6.45, 7) is 3.50. The Labute approximate surface area is 115 Å². The van der Waals surface area contributed by atoms with Gasteiger partial charge in [-0.2, -0.15) is 0 Å². The lowest BCUT2D eigenvalue weighted by Crippen LogP contribution is -2.50. The molecule has 4 nitrogen and oxygen atoms in total. The number of benzene rings is 1. The minimum absolute atomic E-state index is 0.0988. The van der Waals surface area contributed by atoms with Crippen molar-refractivity contribution in [2.75, 3.05) is 25.5 Å². The molecule has 1 unspecified atom stereocenters. The van der Waals surface area contributed by atoms with Crippen molar-refractivity contribution in [3.63, 3.8) is 0 Å². The van der Waals surface area contributed by atoms with Crippen molar-refractivity contribution in [1.29, 1.82) is 0 Å². The summed E-state index contributed by atoms with van der Waals surface area (Å²) < 4.78 is 0. The van der Waals surface area contributed by atoms with Crippen LogP contribution in [0.25, 0.3) is 0 Å². The lowest BCUT2D eigenvalue weighted by atomic mass is 9.99. The quantitative estimate of drug-likeness (QED) is 0.863. The van der Waals surface area contributed by atoms with Crippen molar-refractivity contribution >= 4 is 11.6 Å². The predicted octanol–water partition coefficient (Wildman–Crippen LogP) is 1.51. The molecular weight excluding hydrogens is 238 g/mol. The van der Waals surface area contributed by atoms with Gasteiger partial charge in [-0.1, -0.05) is 12.1 Å². The van der Waals surface area contributed by atoms with Crippen molar-refractivity contribution in [2.45, 2.75) is 31.8 Å². The van der Waals surface area contributed by atoms with Gasteiger partial charge in [0.05, 0.1) is 5.54 Å². The number of anilines is 1. The van der Waals surface area contributed by atoms with E-state index in [-0.39, 0.29) is 11.4 Å². The summed E-state index contributed by atoms with van der Waals surface area (Å²) in [5.41, 5.74) is 1.91. The minimum atomic E-state index is -0.385. The largest absolute Gasteiger partial charge is 0.378 e. The molecule has 19 heavy (non-hydrogen) atoms. The van der Waals surface area contributed by atoms with E-state index in [1.165, 1.54) is 5.69 Å². The van der Waals surface area contributed by atoms with E-state index in [9.17, 15) is 4.79 Å². The molecule has 0 aromatic heterocycles. The number of hydrogen-bond donors (Lipinski definition) is 2. The fraction of sp³-hybridized carbons (Fsp3) is 0.533. The fourth-order valence-electron chi connectivity index (χ4n) is 2.38. The van der Waals surface area contributed by atoms with Gasteiger partial charge in [0.1, 0.15) is 0 Å². The van der Waals surface area contributed by atoms with E-state index in [1.807, 2.05) is 21.0 Å². The van der Waals surface area contributed by atoms with Gasteiger partial charge in [-0.25, -0.2) is 0 Å². The Morgan fingerprint density at radius 1 is 1.37 bits per heavy atom. The standard InChI is InChI=1S/C15H23N3O/c1-15(9-4-10-17-15)14(19)16-11-12-5-7-13(8-6-12)18(2)3/h5-8,17H,4,9-11H2,1-3H3,(H,16,19). The lowest BCUT2D eigenvalue weighted by Gasteiger charge is -2.23. The summed E-state index contributed by atoms with van der Waals surface area (Å²) in [7, 11) is 4.03. The molecule has 1 aromatic carbocycles.